The normalized spacial score (nSPS) is 11.6. The fraction of sp³-hybridized carbons (Fsp3) is 0.0270. The van der Waals surface area contributed by atoms with Crippen LogP contribution >= 0.6 is 23.4 Å². The molecule has 0 saturated heterocycles. The van der Waals surface area contributed by atoms with Crippen LogP contribution < -0.4 is 16.0 Å². The largest absolute Gasteiger partial charge is 0.478 e. The molecule has 5 aromatic carbocycles. The Balaban J connectivity index is 1.37. The van der Waals surface area contributed by atoms with E-state index in [-0.39, 0.29) is 27.9 Å². The van der Waals surface area contributed by atoms with Crippen LogP contribution in [-0.2, 0) is 9.59 Å². The first-order chi connectivity index (χ1) is 22.8. The van der Waals surface area contributed by atoms with Crippen LogP contribution in [0.25, 0.3) is 6.08 Å². The van der Waals surface area contributed by atoms with Gasteiger partial charge in [-0.3, -0.25) is 14.4 Å². The topological polar surface area (TPSA) is 125 Å². The van der Waals surface area contributed by atoms with Gasteiger partial charge in [0.05, 0.1) is 10.6 Å². The molecule has 4 N–H and O–H groups in total. The van der Waals surface area contributed by atoms with Gasteiger partial charge >= 0.3 is 5.97 Å². The molecule has 0 heterocycles. The van der Waals surface area contributed by atoms with Crippen LogP contribution in [0.2, 0.25) is 5.02 Å². The number of benzene rings is 5. The Bertz CT molecular complexity index is 1940. The zero-order chi connectivity index (χ0) is 33.2. The molecular weight excluding hydrogens is 634 g/mol. The molecule has 234 valence electrons. The number of nitrogens with one attached hydrogen (secondary N) is 3. The minimum Gasteiger partial charge on any atom is -0.478 e. The predicted molar refractivity (Wildman–Crippen MR) is 185 cm³/mol. The molecule has 0 radical (unpaired) electrons. The summed E-state index contributed by atoms with van der Waals surface area (Å²) in [4.78, 5) is 52.3. The van der Waals surface area contributed by atoms with E-state index >= 15 is 0 Å². The van der Waals surface area contributed by atoms with E-state index in [1.807, 2.05) is 66.7 Å². The van der Waals surface area contributed by atoms with E-state index in [2.05, 4.69) is 16.0 Å². The summed E-state index contributed by atoms with van der Waals surface area (Å²) >= 11 is 7.26. The lowest BCUT2D eigenvalue weighted by Gasteiger charge is -2.18. The Morgan fingerprint density at radius 1 is 0.702 bits per heavy atom. The van der Waals surface area contributed by atoms with E-state index in [9.17, 15) is 24.3 Å². The Morgan fingerprint density at radius 2 is 1.34 bits per heavy atom. The highest BCUT2D eigenvalue weighted by atomic mass is 35.5. The molecule has 0 aliphatic heterocycles. The summed E-state index contributed by atoms with van der Waals surface area (Å²) < 4.78 is 0. The number of halogens is 1. The molecule has 5 aromatic rings. The molecular formula is C37H28ClN3O5S. The molecule has 0 bridgehead atoms. The number of aromatic carboxylic acids is 1. The van der Waals surface area contributed by atoms with E-state index < -0.39 is 23.0 Å². The quantitative estimate of drug-likeness (QED) is 0.0842. The molecule has 0 spiro atoms. The van der Waals surface area contributed by atoms with Crippen molar-refractivity contribution in [3.8, 4) is 0 Å². The van der Waals surface area contributed by atoms with Gasteiger partial charge in [0.15, 0.2) is 0 Å². The molecule has 1 unspecified atom stereocenters. The molecule has 47 heavy (non-hydrogen) atoms. The van der Waals surface area contributed by atoms with Crippen molar-refractivity contribution in [2.24, 2.45) is 0 Å². The molecule has 0 aromatic heterocycles. The van der Waals surface area contributed by atoms with Crippen LogP contribution in [0.15, 0.2) is 144 Å². The van der Waals surface area contributed by atoms with Crippen LogP contribution in [0.1, 0.15) is 37.1 Å². The van der Waals surface area contributed by atoms with Gasteiger partial charge in [-0.05, 0) is 65.7 Å². The van der Waals surface area contributed by atoms with E-state index in [1.165, 1.54) is 30.0 Å². The fourth-order valence-electron chi connectivity index (χ4n) is 4.52. The second kappa shape index (κ2) is 15.6. The van der Waals surface area contributed by atoms with E-state index in [0.717, 1.165) is 5.56 Å². The number of anilines is 2. The SMILES string of the molecule is O=C(Nc1cccc(SC(C(=O)Nc2ccc(Cl)c(C(=O)O)c2)c2ccccc2)c1)/C(=C/c1ccccc1)NC(=O)c1ccccc1. The summed E-state index contributed by atoms with van der Waals surface area (Å²) in [6, 6.07) is 38.1. The molecule has 0 aliphatic carbocycles. The third-order valence-corrected chi connectivity index (χ3v) is 8.37. The van der Waals surface area contributed by atoms with Gasteiger partial charge in [-0.15, -0.1) is 11.8 Å². The van der Waals surface area contributed by atoms with E-state index in [4.69, 9.17) is 11.6 Å². The highest BCUT2D eigenvalue weighted by molar-refractivity contribution is 8.00. The molecule has 10 heteroatoms. The summed E-state index contributed by atoms with van der Waals surface area (Å²) in [6.07, 6.45) is 1.59. The minimum atomic E-state index is -1.21. The molecule has 5 rings (SSSR count). The summed E-state index contributed by atoms with van der Waals surface area (Å²) in [5.41, 5.74) is 2.50. The monoisotopic (exact) mass is 661 g/mol. The predicted octanol–water partition coefficient (Wildman–Crippen LogP) is 7.92. The Morgan fingerprint density at radius 3 is 2.02 bits per heavy atom. The van der Waals surface area contributed by atoms with Crippen LogP contribution in [-0.4, -0.2) is 28.8 Å². The van der Waals surface area contributed by atoms with Gasteiger partial charge in [0.25, 0.3) is 11.8 Å². The Kier molecular flexibility index (Phi) is 10.9. The maximum Gasteiger partial charge on any atom is 0.337 e. The summed E-state index contributed by atoms with van der Waals surface area (Å²) in [7, 11) is 0. The van der Waals surface area contributed by atoms with Gasteiger partial charge in [0.1, 0.15) is 10.9 Å². The van der Waals surface area contributed by atoms with Gasteiger partial charge in [-0.25, -0.2) is 4.79 Å². The van der Waals surface area contributed by atoms with Crippen molar-refractivity contribution in [2.45, 2.75) is 10.1 Å². The van der Waals surface area contributed by atoms with Gasteiger partial charge in [-0.2, -0.15) is 0 Å². The highest BCUT2D eigenvalue weighted by Gasteiger charge is 2.23. The number of hydrogen-bond acceptors (Lipinski definition) is 5. The van der Waals surface area contributed by atoms with Crippen molar-refractivity contribution < 1.29 is 24.3 Å². The molecule has 0 saturated carbocycles. The molecule has 3 amide bonds. The van der Waals surface area contributed by atoms with Crippen molar-refractivity contribution >= 4 is 64.5 Å². The number of carboxylic acid groups (broad SMARTS) is 1. The summed E-state index contributed by atoms with van der Waals surface area (Å²) in [5.74, 6) is -2.55. The average Bonchev–Trinajstić information content (AvgIpc) is 3.09. The number of amides is 3. The van der Waals surface area contributed by atoms with Crippen LogP contribution in [0.4, 0.5) is 11.4 Å². The van der Waals surface area contributed by atoms with E-state index in [1.54, 1.807) is 54.6 Å². The molecule has 8 nitrogen and oxygen atoms in total. The Labute approximate surface area is 280 Å². The molecule has 0 aliphatic rings. The van der Waals surface area contributed by atoms with Crippen LogP contribution in [0.5, 0.6) is 0 Å². The smallest absolute Gasteiger partial charge is 0.337 e. The van der Waals surface area contributed by atoms with Gasteiger partial charge < -0.3 is 21.1 Å². The minimum absolute atomic E-state index is 0.0494. The lowest BCUT2D eigenvalue weighted by atomic mass is 10.1. The van der Waals surface area contributed by atoms with Crippen molar-refractivity contribution in [3.05, 3.63) is 166 Å². The van der Waals surface area contributed by atoms with Gasteiger partial charge in [0.2, 0.25) is 5.91 Å². The maximum absolute atomic E-state index is 13.6. The number of carbonyl (C=O) groups excluding carboxylic acids is 3. The summed E-state index contributed by atoms with van der Waals surface area (Å²) in [6.45, 7) is 0. The van der Waals surface area contributed by atoms with Gasteiger partial charge in [-0.1, -0.05) is 96.5 Å². The van der Waals surface area contributed by atoms with Crippen molar-refractivity contribution in [3.63, 3.8) is 0 Å². The second-order valence-corrected chi connectivity index (χ2v) is 11.8. The number of carbonyl (C=O) groups is 4. The van der Waals surface area contributed by atoms with Crippen LogP contribution in [0.3, 0.4) is 0 Å². The lowest BCUT2D eigenvalue weighted by Crippen LogP contribution is -2.30. The number of thioether (sulfide) groups is 1. The molecule has 1 atom stereocenters. The number of carboxylic acids is 1. The Hall–Kier alpha value is -5.64. The summed E-state index contributed by atoms with van der Waals surface area (Å²) in [5, 5.41) is 17.2. The maximum atomic E-state index is 13.6. The van der Waals surface area contributed by atoms with E-state index in [0.29, 0.717) is 21.7 Å². The number of hydrogen-bond donors (Lipinski definition) is 4. The van der Waals surface area contributed by atoms with Crippen molar-refractivity contribution in [1.29, 1.82) is 0 Å². The zero-order valence-electron chi connectivity index (χ0n) is 24.7. The third kappa shape index (κ3) is 8.97. The van der Waals surface area contributed by atoms with Crippen molar-refractivity contribution in [1.82, 2.24) is 5.32 Å². The van der Waals surface area contributed by atoms with Gasteiger partial charge in [0, 0.05) is 21.8 Å². The van der Waals surface area contributed by atoms with Crippen LogP contribution in [0, 0.1) is 0 Å². The first kappa shape index (κ1) is 32.7. The highest BCUT2D eigenvalue weighted by Crippen LogP contribution is 2.37. The first-order valence-corrected chi connectivity index (χ1v) is 15.6. The zero-order valence-corrected chi connectivity index (χ0v) is 26.3. The third-order valence-electron chi connectivity index (χ3n) is 6.79. The molecule has 0 fully saturated rings. The average molecular weight is 662 g/mol. The fourth-order valence-corrected chi connectivity index (χ4v) is 5.80. The first-order valence-electron chi connectivity index (χ1n) is 14.4. The standard InChI is InChI=1S/C37H28ClN3O5S/c38-31-20-19-28(23-30(31)37(45)46)40-36(44)33(25-13-6-2-7-14-25)47-29-18-10-17-27(22-29)39-35(43)32(21-24-11-4-1-5-12-24)41-34(42)26-15-8-3-9-16-26/h1-23,33H,(H,39,43)(H,40,44)(H,41,42)(H,45,46)/b32-21-. The number of rotatable bonds is 11. The second-order valence-electron chi connectivity index (χ2n) is 10.2. The van der Waals surface area contributed by atoms with Crippen molar-refractivity contribution in [2.75, 3.05) is 10.6 Å². The lowest BCUT2D eigenvalue weighted by molar-refractivity contribution is -0.116.